The van der Waals surface area contributed by atoms with E-state index in [1.807, 2.05) is 0 Å². The molecule has 0 fully saturated rings. The number of aromatic nitrogens is 2. The first-order chi connectivity index (χ1) is 8.00. The van der Waals surface area contributed by atoms with Crippen LogP contribution in [0.25, 0.3) is 0 Å². The zero-order chi connectivity index (χ0) is 12.9. The number of nitrogens with one attached hydrogen (secondary N) is 1. The van der Waals surface area contributed by atoms with Crippen molar-refractivity contribution in [3.63, 3.8) is 0 Å². The fourth-order valence-corrected chi connectivity index (χ4v) is 1.14. The van der Waals surface area contributed by atoms with Crippen molar-refractivity contribution in [2.45, 2.75) is 27.2 Å². The molecular formula is C12H21N3O2. The van der Waals surface area contributed by atoms with Gasteiger partial charge < -0.3 is 14.8 Å². The smallest absolute Gasteiger partial charge is 0.229 e. The van der Waals surface area contributed by atoms with Crippen molar-refractivity contribution in [3.05, 3.63) is 6.07 Å². The van der Waals surface area contributed by atoms with Gasteiger partial charge in [-0.05, 0) is 11.8 Å². The van der Waals surface area contributed by atoms with Gasteiger partial charge in [-0.25, -0.2) is 0 Å². The average Bonchev–Trinajstić information content (AvgIpc) is 2.36. The third-order valence-corrected chi connectivity index (χ3v) is 2.78. The first-order valence-electron chi connectivity index (χ1n) is 5.71. The molecule has 0 saturated heterocycles. The molecule has 0 aromatic carbocycles. The van der Waals surface area contributed by atoms with Gasteiger partial charge in [-0.2, -0.15) is 9.97 Å². The number of ether oxygens (including phenoxy) is 2. The molecule has 96 valence electrons. The first-order valence-corrected chi connectivity index (χ1v) is 5.71. The second-order valence-electron chi connectivity index (χ2n) is 4.65. The van der Waals surface area contributed by atoms with Crippen molar-refractivity contribution in [1.29, 1.82) is 0 Å². The minimum Gasteiger partial charge on any atom is -0.481 e. The third-order valence-electron chi connectivity index (χ3n) is 2.78. The summed E-state index contributed by atoms with van der Waals surface area (Å²) in [6.45, 7) is 7.35. The van der Waals surface area contributed by atoms with Crippen molar-refractivity contribution in [3.8, 4) is 11.8 Å². The molecule has 0 unspecified atom stereocenters. The molecule has 0 spiro atoms. The Labute approximate surface area is 103 Å². The van der Waals surface area contributed by atoms with E-state index < -0.39 is 0 Å². The molecule has 1 aromatic heterocycles. The Balaban J connectivity index is 2.76. The van der Waals surface area contributed by atoms with Gasteiger partial charge in [0.15, 0.2) is 0 Å². The highest BCUT2D eigenvalue weighted by atomic mass is 16.5. The molecule has 0 atom stereocenters. The summed E-state index contributed by atoms with van der Waals surface area (Å²) in [6, 6.07) is 1.65. The van der Waals surface area contributed by atoms with Gasteiger partial charge >= 0.3 is 0 Å². The molecule has 0 aliphatic carbocycles. The van der Waals surface area contributed by atoms with E-state index in [0.717, 1.165) is 13.0 Å². The third kappa shape index (κ3) is 4.09. The fourth-order valence-electron chi connectivity index (χ4n) is 1.14. The molecule has 0 bridgehead atoms. The lowest BCUT2D eigenvalue weighted by molar-refractivity contribution is 0.366. The van der Waals surface area contributed by atoms with Crippen LogP contribution >= 0.6 is 0 Å². The van der Waals surface area contributed by atoms with Gasteiger partial charge in [-0.3, -0.25) is 0 Å². The van der Waals surface area contributed by atoms with Crippen LogP contribution < -0.4 is 14.8 Å². The summed E-state index contributed by atoms with van der Waals surface area (Å²) in [5.74, 6) is 1.52. The van der Waals surface area contributed by atoms with Gasteiger partial charge in [0.25, 0.3) is 0 Å². The van der Waals surface area contributed by atoms with Gasteiger partial charge in [0, 0.05) is 6.54 Å². The molecule has 5 heteroatoms. The normalized spacial score (nSPS) is 11.1. The Morgan fingerprint density at radius 3 is 2.12 bits per heavy atom. The van der Waals surface area contributed by atoms with Crippen LogP contribution in [0.15, 0.2) is 6.07 Å². The Bertz CT molecular complexity index is 345. The lowest BCUT2D eigenvalue weighted by Crippen LogP contribution is -2.23. The predicted octanol–water partition coefficient (Wildman–Crippen LogP) is 2.34. The van der Waals surface area contributed by atoms with Crippen LogP contribution in [-0.2, 0) is 0 Å². The van der Waals surface area contributed by atoms with E-state index in [4.69, 9.17) is 9.47 Å². The van der Waals surface area contributed by atoms with E-state index >= 15 is 0 Å². The summed E-state index contributed by atoms with van der Waals surface area (Å²) in [4.78, 5) is 8.43. The lowest BCUT2D eigenvalue weighted by atomic mass is 9.90. The summed E-state index contributed by atoms with van der Waals surface area (Å²) >= 11 is 0. The Morgan fingerprint density at radius 1 is 1.18 bits per heavy atom. The number of hydrogen-bond acceptors (Lipinski definition) is 5. The molecular weight excluding hydrogens is 218 g/mol. The standard InChI is InChI=1S/C12H21N3O2/c1-6-12(2,3)8-13-11-14-9(16-4)7-10(15-11)17-5/h7H,6,8H2,1-5H3,(H,13,14,15). The maximum absolute atomic E-state index is 5.08. The van der Waals surface area contributed by atoms with Gasteiger partial charge in [0.05, 0.1) is 20.3 Å². The topological polar surface area (TPSA) is 56.3 Å². The monoisotopic (exact) mass is 239 g/mol. The highest BCUT2D eigenvalue weighted by Gasteiger charge is 2.15. The molecule has 0 aliphatic rings. The summed E-state index contributed by atoms with van der Waals surface area (Å²) in [6.07, 6.45) is 1.08. The van der Waals surface area contributed by atoms with E-state index in [1.165, 1.54) is 0 Å². The molecule has 1 N–H and O–H groups in total. The van der Waals surface area contributed by atoms with E-state index in [1.54, 1.807) is 20.3 Å². The van der Waals surface area contributed by atoms with Crippen LogP contribution in [0.3, 0.4) is 0 Å². The quantitative estimate of drug-likeness (QED) is 0.825. The molecule has 1 rings (SSSR count). The van der Waals surface area contributed by atoms with Crippen LogP contribution in [0.2, 0.25) is 0 Å². The SMILES string of the molecule is CCC(C)(C)CNc1nc(OC)cc(OC)n1. The molecule has 1 aromatic rings. The van der Waals surface area contributed by atoms with Crippen LogP contribution in [0, 0.1) is 5.41 Å². The molecule has 1 heterocycles. The lowest BCUT2D eigenvalue weighted by Gasteiger charge is -2.22. The Hall–Kier alpha value is -1.52. The molecule has 0 aliphatic heterocycles. The van der Waals surface area contributed by atoms with Crippen molar-refractivity contribution in [1.82, 2.24) is 9.97 Å². The van der Waals surface area contributed by atoms with Crippen LogP contribution in [0.4, 0.5) is 5.95 Å². The largest absolute Gasteiger partial charge is 0.481 e. The van der Waals surface area contributed by atoms with Gasteiger partial charge in [0.2, 0.25) is 17.7 Å². The van der Waals surface area contributed by atoms with Crippen molar-refractivity contribution in [2.75, 3.05) is 26.1 Å². The second-order valence-corrected chi connectivity index (χ2v) is 4.65. The van der Waals surface area contributed by atoms with Crippen LogP contribution in [-0.4, -0.2) is 30.7 Å². The van der Waals surface area contributed by atoms with Crippen molar-refractivity contribution >= 4 is 5.95 Å². The number of rotatable bonds is 6. The van der Waals surface area contributed by atoms with E-state index in [0.29, 0.717) is 17.7 Å². The highest BCUT2D eigenvalue weighted by molar-refractivity contribution is 5.33. The fraction of sp³-hybridized carbons (Fsp3) is 0.667. The van der Waals surface area contributed by atoms with E-state index in [-0.39, 0.29) is 5.41 Å². The molecule has 0 saturated carbocycles. The van der Waals surface area contributed by atoms with Gasteiger partial charge in [0.1, 0.15) is 0 Å². The predicted molar refractivity (Wildman–Crippen MR) is 67.7 cm³/mol. The Morgan fingerprint density at radius 2 is 1.71 bits per heavy atom. The molecule has 0 radical (unpaired) electrons. The first kappa shape index (κ1) is 13.5. The molecule has 5 nitrogen and oxygen atoms in total. The minimum absolute atomic E-state index is 0.208. The van der Waals surface area contributed by atoms with Crippen molar-refractivity contribution < 1.29 is 9.47 Å². The molecule has 17 heavy (non-hydrogen) atoms. The zero-order valence-corrected chi connectivity index (χ0v) is 11.2. The molecule has 0 amide bonds. The maximum Gasteiger partial charge on any atom is 0.229 e. The van der Waals surface area contributed by atoms with E-state index in [2.05, 4.69) is 36.1 Å². The highest BCUT2D eigenvalue weighted by Crippen LogP contribution is 2.21. The summed E-state index contributed by atoms with van der Waals surface area (Å²) in [7, 11) is 3.14. The minimum atomic E-state index is 0.208. The van der Waals surface area contributed by atoms with Crippen LogP contribution in [0.1, 0.15) is 27.2 Å². The summed E-state index contributed by atoms with van der Waals surface area (Å²) < 4.78 is 10.2. The summed E-state index contributed by atoms with van der Waals surface area (Å²) in [5, 5.41) is 3.20. The number of hydrogen-bond donors (Lipinski definition) is 1. The van der Waals surface area contributed by atoms with Crippen LogP contribution in [0.5, 0.6) is 11.8 Å². The van der Waals surface area contributed by atoms with Crippen molar-refractivity contribution in [2.24, 2.45) is 5.41 Å². The number of anilines is 1. The average molecular weight is 239 g/mol. The summed E-state index contributed by atoms with van der Waals surface area (Å²) in [5.41, 5.74) is 0.208. The maximum atomic E-state index is 5.08. The second kappa shape index (κ2) is 5.70. The zero-order valence-electron chi connectivity index (χ0n) is 11.2. The Kier molecular flexibility index (Phi) is 4.54. The van der Waals surface area contributed by atoms with Gasteiger partial charge in [-0.1, -0.05) is 20.8 Å². The number of methoxy groups -OCH3 is 2. The van der Waals surface area contributed by atoms with Gasteiger partial charge in [-0.15, -0.1) is 0 Å². The van der Waals surface area contributed by atoms with E-state index in [9.17, 15) is 0 Å². The number of nitrogens with zero attached hydrogens (tertiary/aromatic N) is 2.